The minimum absolute atomic E-state index is 0.0958. The highest BCUT2D eigenvalue weighted by atomic mass is 32.1. The van der Waals surface area contributed by atoms with Crippen LogP contribution < -0.4 is 4.90 Å². The molecule has 4 nitrogen and oxygen atoms in total. The normalized spacial score (nSPS) is 13.5. The third kappa shape index (κ3) is 3.79. The van der Waals surface area contributed by atoms with Crippen LogP contribution in [0.4, 0.5) is 17.1 Å². The van der Waals surface area contributed by atoms with Crippen LogP contribution in [-0.2, 0) is 5.41 Å². The molecule has 0 saturated heterocycles. The topological polar surface area (TPSA) is 44.3 Å². The number of hydrogen-bond donors (Lipinski definition) is 0. The van der Waals surface area contributed by atoms with Crippen molar-refractivity contribution < 1.29 is 0 Å². The van der Waals surface area contributed by atoms with Gasteiger partial charge in [0.1, 0.15) is 0 Å². The second-order valence-corrected chi connectivity index (χ2v) is 10.8. The second-order valence-electron chi connectivity index (χ2n) is 9.73. The van der Waals surface area contributed by atoms with Crippen LogP contribution in [0.1, 0.15) is 46.5 Å². The fraction of sp³-hybridized carbons (Fsp3) is 0.194. The quantitative estimate of drug-likeness (QED) is 0.214. The minimum atomic E-state index is -0.247. The molecule has 36 heavy (non-hydrogen) atoms. The van der Waals surface area contributed by atoms with Gasteiger partial charge in [0, 0.05) is 21.7 Å². The van der Waals surface area contributed by atoms with E-state index in [0.717, 1.165) is 32.5 Å². The van der Waals surface area contributed by atoms with E-state index in [0.29, 0.717) is 0 Å². The maximum atomic E-state index is 9.17. The van der Waals surface area contributed by atoms with Crippen molar-refractivity contribution in [2.24, 2.45) is 0 Å². The maximum absolute atomic E-state index is 9.17. The fourth-order valence-corrected chi connectivity index (χ4v) is 6.16. The van der Waals surface area contributed by atoms with Gasteiger partial charge in [0.2, 0.25) is 0 Å². The van der Waals surface area contributed by atoms with Crippen molar-refractivity contribution in [1.29, 1.82) is 5.26 Å². The Bertz CT molecular complexity index is 1570. The van der Waals surface area contributed by atoms with E-state index in [1.165, 1.54) is 27.8 Å². The van der Waals surface area contributed by atoms with E-state index in [1.54, 1.807) is 17.4 Å². The molecule has 0 bridgehead atoms. The first-order chi connectivity index (χ1) is 17.2. The van der Waals surface area contributed by atoms with E-state index in [-0.39, 0.29) is 11.1 Å². The predicted octanol–water partition coefficient (Wildman–Crippen LogP) is 8.63. The lowest BCUT2D eigenvalue weighted by atomic mass is 9.83. The Morgan fingerprint density at radius 1 is 1.00 bits per heavy atom. The zero-order chi connectivity index (χ0) is 25.6. The molecule has 0 saturated carbocycles. The lowest BCUT2D eigenvalue weighted by molar-refractivity contribution is 0.660. The Balaban J connectivity index is 1.66. The molecule has 0 fully saturated rings. The van der Waals surface area contributed by atoms with Gasteiger partial charge in [0.25, 0.3) is 5.70 Å². The monoisotopic (exact) mass is 486 g/mol. The Hall–Kier alpha value is -4.19. The number of rotatable bonds is 4. The molecule has 5 rings (SSSR count). The van der Waals surface area contributed by atoms with Gasteiger partial charge >= 0.3 is 0 Å². The number of fused-ring (bicyclic) bond motifs is 3. The SMILES string of the molecule is [C-]#[N+]/C(C#N)=C\c1cc2c(s1)-c1ncc(N(c3ccccc3)c3cc(C)c(C)c(C)c3)cc1C2(C)C. The van der Waals surface area contributed by atoms with Crippen LogP contribution in [0.3, 0.4) is 0 Å². The van der Waals surface area contributed by atoms with Crippen LogP contribution in [0.15, 0.2) is 66.5 Å². The molecule has 0 atom stereocenters. The van der Waals surface area contributed by atoms with E-state index in [1.807, 2.05) is 18.3 Å². The maximum Gasteiger partial charge on any atom is 0.263 e. The van der Waals surface area contributed by atoms with Crippen LogP contribution in [0.5, 0.6) is 0 Å². The van der Waals surface area contributed by atoms with Gasteiger partial charge in [0.05, 0.1) is 35.1 Å². The molecule has 176 valence electrons. The van der Waals surface area contributed by atoms with Crippen molar-refractivity contribution in [1.82, 2.24) is 4.98 Å². The number of nitrogens with zero attached hydrogens (tertiary/aromatic N) is 4. The molecule has 2 aromatic carbocycles. The molecule has 0 unspecified atom stereocenters. The summed E-state index contributed by atoms with van der Waals surface area (Å²) in [5, 5.41) is 9.17. The molecule has 1 aliphatic carbocycles. The average molecular weight is 487 g/mol. The van der Waals surface area contributed by atoms with E-state index in [9.17, 15) is 5.26 Å². The van der Waals surface area contributed by atoms with Crippen molar-refractivity contribution >= 4 is 34.5 Å². The number of pyridine rings is 1. The van der Waals surface area contributed by atoms with E-state index in [2.05, 4.69) is 92.9 Å². The Morgan fingerprint density at radius 3 is 2.33 bits per heavy atom. The average Bonchev–Trinajstić information content (AvgIpc) is 3.38. The molecule has 1 aliphatic rings. The summed E-state index contributed by atoms with van der Waals surface area (Å²) in [6.07, 6.45) is 3.62. The van der Waals surface area contributed by atoms with Gasteiger partial charge < -0.3 is 4.90 Å². The van der Waals surface area contributed by atoms with Gasteiger partial charge in [-0.25, -0.2) is 10.1 Å². The minimum Gasteiger partial charge on any atom is -0.309 e. The van der Waals surface area contributed by atoms with Gasteiger partial charge in [-0.2, -0.15) is 0 Å². The number of para-hydroxylation sites is 1. The van der Waals surface area contributed by atoms with E-state index >= 15 is 0 Å². The van der Waals surface area contributed by atoms with Gasteiger partial charge in [-0.1, -0.05) is 32.0 Å². The molecule has 0 spiro atoms. The molecule has 0 N–H and O–H groups in total. The summed E-state index contributed by atoms with van der Waals surface area (Å²) in [5.74, 6) is 0. The molecule has 2 heterocycles. The van der Waals surface area contributed by atoms with Crippen molar-refractivity contribution in [3.05, 3.63) is 111 Å². The predicted molar refractivity (Wildman–Crippen MR) is 149 cm³/mol. The Labute approximate surface area is 216 Å². The first-order valence-corrected chi connectivity index (χ1v) is 12.6. The van der Waals surface area contributed by atoms with Gasteiger partial charge in [-0.05, 0) is 91.1 Å². The van der Waals surface area contributed by atoms with E-state index < -0.39 is 0 Å². The third-order valence-corrected chi connectivity index (χ3v) is 8.23. The highest BCUT2D eigenvalue weighted by Crippen LogP contribution is 2.53. The lowest BCUT2D eigenvalue weighted by Crippen LogP contribution is -2.17. The zero-order valence-corrected chi connectivity index (χ0v) is 21.9. The van der Waals surface area contributed by atoms with Gasteiger partial charge in [-0.15, -0.1) is 11.3 Å². The molecule has 4 aromatic rings. The molecular formula is C31H26N4S. The Kier molecular flexibility index (Phi) is 5.75. The smallest absolute Gasteiger partial charge is 0.263 e. The van der Waals surface area contributed by atoms with Crippen molar-refractivity contribution in [2.45, 2.75) is 40.0 Å². The molecular weight excluding hydrogens is 460 g/mol. The molecule has 5 heteroatoms. The number of nitriles is 1. The van der Waals surface area contributed by atoms with Crippen LogP contribution in [0, 0.1) is 38.7 Å². The number of anilines is 3. The summed E-state index contributed by atoms with van der Waals surface area (Å²) >= 11 is 1.59. The largest absolute Gasteiger partial charge is 0.309 e. The summed E-state index contributed by atoms with van der Waals surface area (Å²) in [6, 6.07) is 21.2. The first-order valence-electron chi connectivity index (χ1n) is 11.8. The standard InChI is InChI=1S/C31H26N4S/c1-19-12-24(13-20(2)21(19)3)35(23-10-8-7-9-11-23)25-15-27-29(34-18-25)30-28(31(27,4)5)16-26(36-30)14-22(17-32)33-6/h7-16,18H,1-5H3/b22-14-. The third-order valence-electron chi connectivity index (χ3n) is 7.14. The van der Waals surface area contributed by atoms with Crippen molar-refractivity contribution in [3.8, 4) is 16.6 Å². The molecule has 0 amide bonds. The van der Waals surface area contributed by atoms with Gasteiger partial charge in [0.15, 0.2) is 0 Å². The van der Waals surface area contributed by atoms with Gasteiger partial charge in [-0.3, -0.25) is 4.98 Å². The van der Waals surface area contributed by atoms with Crippen LogP contribution in [-0.4, -0.2) is 4.98 Å². The first kappa shape index (κ1) is 23.5. The van der Waals surface area contributed by atoms with E-state index in [4.69, 9.17) is 11.6 Å². The summed E-state index contributed by atoms with van der Waals surface area (Å²) < 4.78 is 0. The Morgan fingerprint density at radius 2 is 1.69 bits per heavy atom. The molecule has 0 radical (unpaired) electrons. The molecule has 2 aromatic heterocycles. The van der Waals surface area contributed by atoms with Crippen molar-refractivity contribution in [3.63, 3.8) is 0 Å². The van der Waals surface area contributed by atoms with Crippen LogP contribution in [0.25, 0.3) is 21.5 Å². The fourth-order valence-electron chi connectivity index (χ4n) is 4.89. The number of aryl methyl sites for hydroxylation is 2. The van der Waals surface area contributed by atoms with Crippen LogP contribution in [0.2, 0.25) is 0 Å². The number of allylic oxidation sites excluding steroid dienone is 1. The lowest BCUT2D eigenvalue weighted by Gasteiger charge is -2.28. The van der Waals surface area contributed by atoms with Crippen molar-refractivity contribution in [2.75, 3.05) is 4.90 Å². The molecule has 0 aliphatic heterocycles. The summed E-state index contributed by atoms with van der Waals surface area (Å²) in [5.41, 5.74) is 10.3. The number of hydrogen-bond acceptors (Lipinski definition) is 4. The highest BCUT2D eigenvalue weighted by Gasteiger charge is 2.39. The summed E-state index contributed by atoms with van der Waals surface area (Å²) in [6.45, 7) is 18.1. The zero-order valence-electron chi connectivity index (χ0n) is 21.0. The summed E-state index contributed by atoms with van der Waals surface area (Å²) in [4.78, 5) is 12.6. The second kappa shape index (κ2) is 8.79. The summed E-state index contributed by atoms with van der Waals surface area (Å²) in [7, 11) is 0. The van der Waals surface area contributed by atoms with Crippen LogP contribution >= 0.6 is 11.3 Å². The number of aromatic nitrogens is 1. The number of thiophene rings is 1. The number of benzene rings is 2. The highest BCUT2D eigenvalue weighted by molar-refractivity contribution is 7.16.